The fourth-order valence-corrected chi connectivity index (χ4v) is 3.07. The SMILES string of the molecule is CN1CCN(Cc2ccccc2)CC(NC(=O)c2ccccn2)C1. The molecular weight excluding hydrogens is 300 g/mol. The highest BCUT2D eigenvalue weighted by molar-refractivity contribution is 5.92. The number of nitrogens with zero attached hydrogens (tertiary/aromatic N) is 3. The molecule has 24 heavy (non-hydrogen) atoms. The molecule has 1 N–H and O–H groups in total. The van der Waals surface area contributed by atoms with Crippen molar-refractivity contribution in [2.75, 3.05) is 33.2 Å². The average Bonchev–Trinajstić information content (AvgIpc) is 2.77. The van der Waals surface area contributed by atoms with E-state index in [4.69, 9.17) is 0 Å². The summed E-state index contributed by atoms with van der Waals surface area (Å²) in [6, 6.07) is 16.0. The normalized spacial score (nSPS) is 19.6. The summed E-state index contributed by atoms with van der Waals surface area (Å²) in [5, 5.41) is 3.14. The molecule has 5 heteroatoms. The number of nitrogens with one attached hydrogen (secondary N) is 1. The van der Waals surface area contributed by atoms with Crippen molar-refractivity contribution in [3.05, 3.63) is 66.0 Å². The van der Waals surface area contributed by atoms with Crippen LogP contribution >= 0.6 is 0 Å². The minimum absolute atomic E-state index is 0.0933. The Morgan fingerprint density at radius 1 is 1.12 bits per heavy atom. The van der Waals surface area contributed by atoms with Crippen molar-refractivity contribution in [3.8, 4) is 0 Å². The first-order chi connectivity index (χ1) is 11.7. The predicted octanol–water partition coefficient (Wildman–Crippen LogP) is 1.63. The average molecular weight is 324 g/mol. The Kier molecular flexibility index (Phi) is 5.56. The van der Waals surface area contributed by atoms with E-state index >= 15 is 0 Å². The van der Waals surface area contributed by atoms with E-state index in [1.54, 1.807) is 12.3 Å². The highest BCUT2D eigenvalue weighted by atomic mass is 16.1. The molecule has 0 radical (unpaired) electrons. The molecule has 1 atom stereocenters. The third-order valence-corrected chi connectivity index (χ3v) is 4.29. The van der Waals surface area contributed by atoms with Gasteiger partial charge in [-0.3, -0.25) is 14.7 Å². The highest BCUT2D eigenvalue weighted by Gasteiger charge is 2.23. The second-order valence-electron chi connectivity index (χ2n) is 6.37. The van der Waals surface area contributed by atoms with Crippen LogP contribution in [-0.2, 0) is 6.54 Å². The van der Waals surface area contributed by atoms with E-state index in [2.05, 4.69) is 51.4 Å². The molecule has 0 spiro atoms. The molecule has 0 aliphatic carbocycles. The lowest BCUT2D eigenvalue weighted by atomic mass is 10.2. The third-order valence-electron chi connectivity index (χ3n) is 4.29. The topological polar surface area (TPSA) is 48.5 Å². The Labute approximate surface area is 143 Å². The molecular formula is C19H24N4O. The molecule has 1 aromatic carbocycles. The molecule has 2 heterocycles. The number of carbonyl (C=O) groups is 1. The van der Waals surface area contributed by atoms with Crippen molar-refractivity contribution in [2.24, 2.45) is 0 Å². The summed E-state index contributed by atoms with van der Waals surface area (Å²) in [4.78, 5) is 21.2. The van der Waals surface area contributed by atoms with Gasteiger partial charge in [0.2, 0.25) is 0 Å². The fraction of sp³-hybridized carbons (Fsp3) is 0.368. The van der Waals surface area contributed by atoms with Crippen molar-refractivity contribution < 1.29 is 4.79 Å². The third kappa shape index (κ3) is 4.63. The van der Waals surface area contributed by atoms with Crippen LogP contribution in [-0.4, -0.2) is 60.0 Å². The van der Waals surface area contributed by atoms with Crippen LogP contribution in [0.2, 0.25) is 0 Å². The summed E-state index contributed by atoms with van der Waals surface area (Å²) in [7, 11) is 2.10. The van der Waals surface area contributed by atoms with Crippen LogP contribution in [0.4, 0.5) is 0 Å². The van der Waals surface area contributed by atoms with Crippen molar-refractivity contribution in [1.82, 2.24) is 20.1 Å². The fourth-order valence-electron chi connectivity index (χ4n) is 3.07. The quantitative estimate of drug-likeness (QED) is 0.929. The summed E-state index contributed by atoms with van der Waals surface area (Å²) < 4.78 is 0. The van der Waals surface area contributed by atoms with Gasteiger partial charge in [-0.15, -0.1) is 0 Å². The standard InChI is InChI=1S/C19H24N4O/c1-22-11-12-23(13-16-7-3-2-4-8-16)15-17(14-22)21-19(24)18-9-5-6-10-20-18/h2-10,17H,11-15H2,1H3,(H,21,24). The first-order valence-electron chi connectivity index (χ1n) is 8.37. The van der Waals surface area contributed by atoms with E-state index in [-0.39, 0.29) is 11.9 Å². The molecule has 126 valence electrons. The number of benzene rings is 1. The van der Waals surface area contributed by atoms with E-state index in [0.29, 0.717) is 5.69 Å². The Morgan fingerprint density at radius 2 is 1.92 bits per heavy atom. The molecule has 1 fully saturated rings. The number of hydrogen-bond donors (Lipinski definition) is 1. The van der Waals surface area contributed by atoms with Gasteiger partial charge >= 0.3 is 0 Å². The molecule has 1 saturated heterocycles. The predicted molar refractivity (Wildman–Crippen MR) is 94.7 cm³/mol. The minimum Gasteiger partial charge on any atom is -0.345 e. The number of pyridine rings is 1. The molecule has 0 bridgehead atoms. The van der Waals surface area contributed by atoms with Crippen molar-refractivity contribution >= 4 is 5.91 Å². The second kappa shape index (κ2) is 8.04. The zero-order valence-electron chi connectivity index (χ0n) is 14.1. The van der Waals surface area contributed by atoms with Crippen LogP contribution in [0.5, 0.6) is 0 Å². The van der Waals surface area contributed by atoms with Crippen LogP contribution in [0, 0.1) is 0 Å². The number of carbonyl (C=O) groups excluding carboxylic acids is 1. The summed E-state index contributed by atoms with van der Waals surface area (Å²) in [5.41, 5.74) is 1.77. The highest BCUT2D eigenvalue weighted by Crippen LogP contribution is 2.09. The first-order valence-corrected chi connectivity index (χ1v) is 8.37. The van der Waals surface area contributed by atoms with Gasteiger partial charge in [-0.2, -0.15) is 0 Å². The summed E-state index contributed by atoms with van der Waals surface area (Å²) in [6.07, 6.45) is 1.65. The van der Waals surface area contributed by atoms with E-state index in [1.165, 1.54) is 5.56 Å². The Morgan fingerprint density at radius 3 is 2.67 bits per heavy atom. The summed E-state index contributed by atoms with van der Waals surface area (Å²) in [5.74, 6) is -0.101. The van der Waals surface area contributed by atoms with Crippen LogP contribution in [0.15, 0.2) is 54.7 Å². The number of rotatable bonds is 4. The van der Waals surface area contributed by atoms with Crippen LogP contribution in [0.25, 0.3) is 0 Å². The van der Waals surface area contributed by atoms with Gasteiger partial charge in [0, 0.05) is 38.9 Å². The van der Waals surface area contributed by atoms with E-state index in [0.717, 1.165) is 32.7 Å². The van der Waals surface area contributed by atoms with Gasteiger partial charge in [0.05, 0.1) is 6.04 Å². The lowest BCUT2D eigenvalue weighted by molar-refractivity contribution is 0.0919. The molecule has 1 unspecified atom stereocenters. The van der Waals surface area contributed by atoms with Gasteiger partial charge in [-0.25, -0.2) is 0 Å². The van der Waals surface area contributed by atoms with Gasteiger partial charge in [-0.1, -0.05) is 36.4 Å². The first kappa shape index (κ1) is 16.6. The van der Waals surface area contributed by atoms with Crippen LogP contribution in [0.1, 0.15) is 16.1 Å². The molecule has 0 saturated carbocycles. The Bertz CT molecular complexity index is 647. The zero-order valence-corrected chi connectivity index (χ0v) is 14.1. The smallest absolute Gasteiger partial charge is 0.270 e. The molecule has 1 aliphatic heterocycles. The maximum atomic E-state index is 12.4. The van der Waals surface area contributed by atoms with E-state index < -0.39 is 0 Å². The number of hydrogen-bond acceptors (Lipinski definition) is 4. The van der Waals surface area contributed by atoms with Gasteiger partial charge in [0.25, 0.3) is 5.91 Å². The summed E-state index contributed by atoms with van der Waals surface area (Å²) >= 11 is 0. The second-order valence-corrected chi connectivity index (χ2v) is 6.37. The maximum absolute atomic E-state index is 12.4. The number of aromatic nitrogens is 1. The molecule has 1 aromatic heterocycles. The van der Waals surface area contributed by atoms with Crippen molar-refractivity contribution in [3.63, 3.8) is 0 Å². The maximum Gasteiger partial charge on any atom is 0.270 e. The monoisotopic (exact) mass is 324 g/mol. The Hall–Kier alpha value is -2.24. The van der Waals surface area contributed by atoms with E-state index in [9.17, 15) is 4.79 Å². The van der Waals surface area contributed by atoms with Gasteiger partial charge in [0.1, 0.15) is 5.69 Å². The molecule has 1 amide bonds. The van der Waals surface area contributed by atoms with Crippen molar-refractivity contribution in [1.29, 1.82) is 0 Å². The molecule has 1 aliphatic rings. The molecule has 2 aromatic rings. The number of amides is 1. The van der Waals surface area contributed by atoms with Crippen molar-refractivity contribution in [2.45, 2.75) is 12.6 Å². The lowest BCUT2D eigenvalue weighted by Gasteiger charge is -2.24. The molecule has 3 rings (SSSR count). The zero-order chi connectivity index (χ0) is 16.8. The number of likely N-dealkylation sites (N-methyl/N-ethyl adjacent to an activating group) is 1. The van der Waals surface area contributed by atoms with Crippen LogP contribution in [0.3, 0.4) is 0 Å². The minimum atomic E-state index is -0.101. The van der Waals surface area contributed by atoms with Gasteiger partial charge < -0.3 is 10.2 Å². The lowest BCUT2D eigenvalue weighted by Crippen LogP contribution is -2.46. The van der Waals surface area contributed by atoms with Crippen LogP contribution < -0.4 is 5.32 Å². The molecule has 5 nitrogen and oxygen atoms in total. The Balaban J connectivity index is 1.64. The summed E-state index contributed by atoms with van der Waals surface area (Å²) in [6.45, 7) is 4.61. The van der Waals surface area contributed by atoms with Gasteiger partial charge in [0.15, 0.2) is 0 Å². The van der Waals surface area contributed by atoms with E-state index in [1.807, 2.05) is 18.2 Å². The largest absolute Gasteiger partial charge is 0.345 e. The van der Waals surface area contributed by atoms with Gasteiger partial charge in [-0.05, 0) is 24.7 Å².